The van der Waals surface area contributed by atoms with E-state index in [1.54, 1.807) is 12.4 Å². The van der Waals surface area contributed by atoms with E-state index in [9.17, 15) is 4.79 Å². The summed E-state index contributed by atoms with van der Waals surface area (Å²) in [7, 11) is 0. The van der Waals surface area contributed by atoms with Gasteiger partial charge in [0.25, 0.3) is 0 Å². The number of carbonyl (C=O) groups is 1. The van der Waals surface area contributed by atoms with Crippen molar-refractivity contribution in [2.45, 2.75) is 25.4 Å². The number of likely N-dealkylation sites (tertiary alicyclic amines) is 1. The van der Waals surface area contributed by atoms with Gasteiger partial charge in [-0.15, -0.1) is 12.4 Å². The van der Waals surface area contributed by atoms with Crippen LogP contribution in [0.1, 0.15) is 18.4 Å². The third-order valence-corrected chi connectivity index (χ3v) is 5.14. The molecule has 1 aromatic heterocycles. The zero-order valence-corrected chi connectivity index (χ0v) is 17.1. The van der Waals surface area contributed by atoms with Crippen molar-refractivity contribution in [2.24, 2.45) is 0 Å². The SMILES string of the molecule is Cl.O=C(Cc1cccnc1)N1CCC(Oc2ccccc2-c2ccccc2)CC1. The van der Waals surface area contributed by atoms with Gasteiger partial charge in [-0.3, -0.25) is 9.78 Å². The first-order valence-electron chi connectivity index (χ1n) is 9.77. The molecule has 0 N–H and O–H groups in total. The van der Waals surface area contributed by atoms with Crippen molar-refractivity contribution >= 4 is 18.3 Å². The summed E-state index contributed by atoms with van der Waals surface area (Å²) in [6, 6.07) is 22.3. The average Bonchev–Trinajstić information content (AvgIpc) is 2.76. The largest absolute Gasteiger partial charge is 0.490 e. The summed E-state index contributed by atoms with van der Waals surface area (Å²) in [5, 5.41) is 0. The number of halogens is 1. The van der Waals surface area contributed by atoms with Crippen LogP contribution in [-0.4, -0.2) is 35.0 Å². The minimum atomic E-state index is 0. The molecule has 4 nitrogen and oxygen atoms in total. The third kappa shape index (κ3) is 5.36. The monoisotopic (exact) mass is 408 g/mol. The minimum absolute atomic E-state index is 0. The molecule has 2 heterocycles. The standard InChI is InChI=1S/C24H24N2O2.ClH/c27-24(17-19-7-6-14-25-18-19)26-15-12-21(13-16-26)28-23-11-5-4-10-22(23)20-8-2-1-3-9-20;/h1-11,14,18,21H,12-13,15-17H2;1H. The maximum Gasteiger partial charge on any atom is 0.227 e. The first kappa shape index (κ1) is 20.9. The average molecular weight is 409 g/mol. The molecule has 0 atom stereocenters. The molecule has 0 aliphatic carbocycles. The first-order chi connectivity index (χ1) is 13.8. The number of ether oxygens (including phenoxy) is 1. The molecule has 3 aromatic rings. The van der Waals surface area contributed by atoms with E-state index in [2.05, 4.69) is 23.2 Å². The molecule has 0 bridgehead atoms. The van der Waals surface area contributed by atoms with Crippen molar-refractivity contribution in [3.05, 3.63) is 84.7 Å². The van der Waals surface area contributed by atoms with Crippen LogP contribution in [0.25, 0.3) is 11.1 Å². The van der Waals surface area contributed by atoms with Crippen LogP contribution in [0.4, 0.5) is 0 Å². The van der Waals surface area contributed by atoms with Gasteiger partial charge in [0.05, 0.1) is 6.42 Å². The van der Waals surface area contributed by atoms with E-state index >= 15 is 0 Å². The lowest BCUT2D eigenvalue weighted by molar-refractivity contribution is -0.132. The van der Waals surface area contributed by atoms with Gasteiger partial charge in [-0.1, -0.05) is 54.6 Å². The number of benzene rings is 2. The van der Waals surface area contributed by atoms with E-state index in [1.165, 1.54) is 0 Å². The quantitative estimate of drug-likeness (QED) is 0.610. The molecule has 0 spiro atoms. The Morgan fingerprint density at radius 1 is 0.966 bits per heavy atom. The van der Waals surface area contributed by atoms with E-state index in [4.69, 9.17) is 4.74 Å². The highest BCUT2D eigenvalue weighted by Crippen LogP contribution is 2.31. The van der Waals surface area contributed by atoms with Crippen molar-refractivity contribution < 1.29 is 9.53 Å². The maximum atomic E-state index is 12.5. The number of piperidine rings is 1. The molecule has 1 fully saturated rings. The van der Waals surface area contributed by atoms with Crippen molar-refractivity contribution in [1.82, 2.24) is 9.88 Å². The number of aromatic nitrogens is 1. The number of hydrogen-bond donors (Lipinski definition) is 0. The molecular formula is C24H25ClN2O2. The first-order valence-corrected chi connectivity index (χ1v) is 9.77. The number of rotatable bonds is 5. The van der Waals surface area contributed by atoms with E-state index in [0.717, 1.165) is 48.4 Å². The second kappa shape index (κ2) is 10.1. The molecule has 4 rings (SSSR count). The second-order valence-electron chi connectivity index (χ2n) is 7.10. The van der Waals surface area contributed by atoms with Gasteiger partial charge in [0.2, 0.25) is 5.91 Å². The van der Waals surface area contributed by atoms with Gasteiger partial charge in [-0.25, -0.2) is 0 Å². The summed E-state index contributed by atoms with van der Waals surface area (Å²) in [5.41, 5.74) is 3.23. The van der Waals surface area contributed by atoms with E-state index < -0.39 is 0 Å². The lowest BCUT2D eigenvalue weighted by atomic mass is 10.0. The number of carbonyl (C=O) groups excluding carboxylic acids is 1. The van der Waals surface area contributed by atoms with E-state index in [1.807, 2.05) is 53.4 Å². The Labute approximate surface area is 178 Å². The van der Waals surface area contributed by atoms with Crippen LogP contribution in [-0.2, 0) is 11.2 Å². The molecule has 2 aromatic carbocycles. The molecule has 1 saturated heterocycles. The van der Waals surface area contributed by atoms with Gasteiger partial charge in [0.1, 0.15) is 11.9 Å². The summed E-state index contributed by atoms with van der Waals surface area (Å²) in [4.78, 5) is 18.6. The van der Waals surface area contributed by atoms with Gasteiger partial charge in [-0.2, -0.15) is 0 Å². The van der Waals surface area contributed by atoms with Gasteiger partial charge >= 0.3 is 0 Å². The summed E-state index contributed by atoms with van der Waals surface area (Å²) >= 11 is 0. The molecule has 1 amide bonds. The highest BCUT2D eigenvalue weighted by atomic mass is 35.5. The summed E-state index contributed by atoms with van der Waals surface area (Å²) in [6.07, 6.45) is 5.73. The lowest BCUT2D eigenvalue weighted by Gasteiger charge is -2.32. The molecule has 0 saturated carbocycles. The topological polar surface area (TPSA) is 42.4 Å². The van der Waals surface area contributed by atoms with Crippen molar-refractivity contribution in [1.29, 1.82) is 0 Å². The highest BCUT2D eigenvalue weighted by molar-refractivity contribution is 5.85. The van der Waals surface area contributed by atoms with Crippen molar-refractivity contribution in [2.75, 3.05) is 13.1 Å². The molecular weight excluding hydrogens is 384 g/mol. The Morgan fingerprint density at radius 3 is 2.41 bits per heavy atom. The van der Waals surface area contributed by atoms with Crippen LogP contribution in [0.15, 0.2) is 79.1 Å². The molecule has 150 valence electrons. The van der Waals surface area contributed by atoms with Crippen LogP contribution in [0.2, 0.25) is 0 Å². The van der Waals surface area contributed by atoms with Crippen molar-refractivity contribution in [3.8, 4) is 16.9 Å². The zero-order valence-electron chi connectivity index (χ0n) is 16.2. The lowest BCUT2D eigenvalue weighted by Crippen LogP contribution is -2.42. The molecule has 1 aliphatic rings. The Bertz CT molecular complexity index is 910. The highest BCUT2D eigenvalue weighted by Gasteiger charge is 2.24. The number of nitrogens with zero attached hydrogens (tertiary/aromatic N) is 2. The Kier molecular flexibility index (Phi) is 7.25. The minimum Gasteiger partial charge on any atom is -0.490 e. The summed E-state index contributed by atoms with van der Waals surface area (Å²) in [6.45, 7) is 1.47. The number of pyridine rings is 1. The maximum absolute atomic E-state index is 12.5. The smallest absolute Gasteiger partial charge is 0.227 e. The van der Waals surface area contributed by atoms with Gasteiger partial charge in [0, 0.05) is 43.9 Å². The Morgan fingerprint density at radius 2 is 1.69 bits per heavy atom. The number of amides is 1. The second-order valence-corrected chi connectivity index (χ2v) is 7.10. The van der Waals surface area contributed by atoms with Crippen LogP contribution in [0, 0.1) is 0 Å². The number of hydrogen-bond acceptors (Lipinski definition) is 3. The predicted molar refractivity (Wildman–Crippen MR) is 117 cm³/mol. The van der Waals surface area contributed by atoms with Crippen LogP contribution in [0.5, 0.6) is 5.75 Å². The zero-order chi connectivity index (χ0) is 19.2. The van der Waals surface area contributed by atoms with Gasteiger partial charge in [-0.05, 0) is 23.3 Å². The van der Waals surface area contributed by atoms with Crippen molar-refractivity contribution in [3.63, 3.8) is 0 Å². The fourth-order valence-corrected chi connectivity index (χ4v) is 3.62. The molecule has 5 heteroatoms. The molecule has 0 radical (unpaired) electrons. The molecule has 1 aliphatic heterocycles. The fourth-order valence-electron chi connectivity index (χ4n) is 3.62. The fraction of sp³-hybridized carbons (Fsp3) is 0.250. The van der Waals surface area contributed by atoms with Crippen LogP contribution >= 0.6 is 12.4 Å². The van der Waals surface area contributed by atoms with E-state index in [0.29, 0.717) is 6.42 Å². The normalized spacial score (nSPS) is 14.1. The van der Waals surface area contributed by atoms with Gasteiger partial charge in [0.15, 0.2) is 0 Å². The summed E-state index contributed by atoms with van der Waals surface area (Å²) in [5.74, 6) is 1.07. The third-order valence-electron chi connectivity index (χ3n) is 5.14. The van der Waals surface area contributed by atoms with Crippen LogP contribution in [0.3, 0.4) is 0 Å². The van der Waals surface area contributed by atoms with Gasteiger partial charge < -0.3 is 9.64 Å². The van der Waals surface area contributed by atoms with Crippen LogP contribution < -0.4 is 4.74 Å². The van der Waals surface area contributed by atoms with E-state index in [-0.39, 0.29) is 24.4 Å². The summed E-state index contributed by atoms with van der Waals surface area (Å²) < 4.78 is 6.34. The Balaban J connectivity index is 0.00000240. The molecule has 29 heavy (non-hydrogen) atoms. The predicted octanol–water partition coefficient (Wildman–Crippen LogP) is 4.78. The molecule has 0 unspecified atom stereocenters. The Hall–Kier alpha value is -2.85. The number of para-hydroxylation sites is 1.